The summed E-state index contributed by atoms with van der Waals surface area (Å²) in [7, 11) is 0. The standard InChI is InChI=1S/C17H28N6O3/c1-16(2,3)26-15(25)22-9-10-23-12(11-22)20-21-13(23)14(24)19-17(4)5-7-18-8-6-17/h18H,5-11H2,1-4H3,(H,19,24). The first kappa shape index (κ1) is 18.6. The molecule has 0 saturated carbocycles. The molecule has 2 aliphatic rings. The third-order valence-electron chi connectivity index (χ3n) is 4.73. The zero-order valence-corrected chi connectivity index (χ0v) is 16.0. The maximum atomic E-state index is 12.7. The monoisotopic (exact) mass is 364 g/mol. The van der Waals surface area contributed by atoms with Gasteiger partial charge in [0.1, 0.15) is 5.60 Å². The fraction of sp³-hybridized carbons (Fsp3) is 0.765. The molecule has 3 heterocycles. The van der Waals surface area contributed by atoms with Crippen LogP contribution in [0.4, 0.5) is 4.79 Å². The van der Waals surface area contributed by atoms with E-state index in [0.29, 0.717) is 24.7 Å². The van der Waals surface area contributed by atoms with Gasteiger partial charge in [0.15, 0.2) is 5.82 Å². The van der Waals surface area contributed by atoms with Crippen LogP contribution in [-0.2, 0) is 17.8 Å². The first-order valence-electron chi connectivity index (χ1n) is 9.10. The van der Waals surface area contributed by atoms with Gasteiger partial charge in [-0.1, -0.05) is 0 Å². The number of rotatable bonds is 2. The van der Waals surface area contributed by atoms with Crippen LogP contribution in [-0.4, -0.2) is 62.4 Å². The van der Waals surface area contributed by atoms with Crippen molar-refractivity contribution in [3.63, 3.8) is 0 Å². The first-order chi connectivity index (χ1) is 12.2. The summed E-state index contributed by atoms with van der Waals surface area (Å²) in [4.78, 5) is 26.5. The largest absolute Gasteiger partial charge is 0.444 e. The summed E-state index contributed by atoms with van der Waals surface area (Å²) in [6.45, 7) is 10.6. The van der Waals surface area contributed by atoms with Crippen LogP contribution in [0.15, 0.2) is 0 Å². The number of aromatic nitrogens is 3. The Morgan fingerprint density at radius 3 is 2.54 bits per heavy atom. The van der Waals surface area contributed by atoms with E-state index in [0.717, 1.165) is 25.9 Å². The number of hydrogen-bond donors (Lipinski definition) is 2. The summed E-state index contributed by atoms with van der Waals surface area (Å²) in [6.07, 6.45) is 1.39. The van der Waals surface area contributed by atoms with Gasteiger partial charge < -0.3 is 19.9 Å². The van der Waals surface area contributed by atoms with Gasteiger partial charge in [-0.25, -0.2) is 4.79 Å². The van der Waals surface area contributed by atoms with Crippen LogP contribution in [0, 0.1) is 0 Å². The lowest BCUT2D eigenvalue weighted by Gasteiger charge is -2.35. The van der Waals surface area contributed by atoms with Crippen LogP contribution >= 0.6 is 0 Å². The van der Waals surface area contributed by atoms with E-state index in [1.165, 1.54) is 0 Å². The quantitative estimate of drug-likeness (QED) is 0.809. The molecule has 26 heavy (non-hydrogen) atoms. The number of nitrogens with one attached hydrogen (secondary N) is 2. The van der Waals surface area contributed by atoms with E-state index >= 15 is 0 Å². The average molecular weight is 364 g/mol. The summed E-state index contributed by atoms with van der Waals surface area (Å²) in [5.74, 6) is 0.699. The van der Waals surface area contributed by atoms with Crippen molar-refractivity contribution in [2.45, 2.75) is 64.8 Å². The Bertz CT molecular complexity index is 687. The Kier molecular flexibility index (Phi) is 4.92. The number of fused-ring (bicyclic) bond motifs is 1. The van der Waals surface area contributed by atoms with Crippen LogP contribution in [0.3, 0.4) is 0 Å². The molecule has 1 aromatic heterocycles. The second-order valence-electron chi connectivity index (χ2n) is 8.26. The molecule has 0 unspecified atom stereocenters. The van der Waals surface area contributed by atoms with Crippen molar-refractivity contribution < 1.29 is 14.3 Å². The minimum atomic E-state index is -0.544. The number of hydrogen-bond acceptors (Lipinski definition) is 6. The molecule has 1 fully saturated rings. The topological polar surface area (TPSA) is 101 Å². The number of carbonyl (C=O) groups is 2. The minimum absolute atomic E-state index is 0.209. The molecule has 2 N–H and O–H groups in total. The molecule has 9 nitrogen and oxygen atoms in total. The molecule has 0 atom stereocenters. The van der Waals surface area contributed by atoms with Gasteiger partial charge in [-0.3, -0.25) is 9.69 Å². The Labute approximate surface area is 153 Å². The number of amides is 2. The molecule has 9 heteroatoms. The number of ether oxygens (including phenoxy) is 1. The summed E-state index contributed by atoms with van der Waals surface area (Å²) < 4.78 is 7.20. The fourth-order valence-corrected chi connectivity index (χ4v) is 3.24. The predicted octanol–water partition coefficient (Wildman–Crippen LogP) is 0.901. The van der Waals surface area contributed by atoms with Crippen molar-refractivity contribution in [2.24, 2.45) is 0 Å². The van der Waals surface area contributed by atoms with E-state index in [4.69, 9.17) is 4.74 Å². The predicted molar refractivity (Wildman–Crippen MR) is 94.6 cm³/mol. The summed E-state index contributed by atoms with van der Waals surface area (Å²) in [6, 6.07) is 0. The zero-order valence-electron chi connectivity index (χ0n) is 16.0. The Morgan fingerprint density at radius 2 is 1.88 bits per heavy atom. The molecule has 2 amide bonds. The highest BCUT2D eigenvalue weighted by molar-refractivity contribution is 5.91. The molecule has 1 aromatic rings. The van der Waals surface area contributed by atoms with E-state index in [-0.39, 0.29) is 24.1 Å². The van der Waals surface area contributed by atoms with Crippen LogP contribution in [0.5, 0.6) is 0 Å². The second-order valence-corrected chi connectivity index (χ2v) is 8.26. The van der Waals surface area contributed by atoms with Crippen LogP contribution in [0.25, 0.3) is 0 Å². The van der Waals surface area contributed by atoms with Crippen LogP contribution in [0.2, 0.25) is 0 Å². The molecule has 0 radical (unpaired) electrons. The summed E-state index contributed by atoms with van der Waals surface area (Å²) >= 11 is 0. The molecule has 1 saturated heterocycles. The lowest BCUT2D eigenvalue weighted by Crippen LogP contribution is -2.53. The summed E-state index contributed by atoms with van der Waals surface area (Å²) in [5.41, 5.74) is -0.774. The molecule has 0 bridgehead atoms. The van der Waals surface area contributed by atoms with Gasteiger partial charge in [-0.15, -0.1) is 10.2 Å². The Hall–Kier alpha value is -2.16. The normalized spacial score (nSPS) is 19.6. The Balaban J connectivity index is 1.67. The van der Waals surface area contributed by atoms with Crippen molar-refractivity contribution in [1.29, 1.82) is 0 Å². The lowest BCUT2D eigenvalue weighted by atomic mass is 9.90. The van der Waals surface area contributed by atoms with E-state index in [9.17, 15) is 9.59 Å². The fourth-order valence-electron chi connectivity index (χ4n) is 3.24. The van der Waals surface area contributed by atoms with Gasteiger partial charge in [0.2, 0.25) is 5.82 Å². The van der Waals surface area contributed by atoms with E-state index in [2.05, 4.69) is 27.8 Å². The zero-order chi connectivity index (χ0) is 18.9. The van der Waals surface area contributed by atoms with Crippen molar-refractivity contribution in [3.05, 3.63) is 11.6 Å². The lowest BCUT2D eigenvalue weighted by molar-refractivity contribution is 0.0195. The molecule has 0 aliphatic carbocycles. The van der Waals surface area contributed by atoms with Gasteiger partial charge in [-0.2, -0.15) is 0 Å². The van der Waals surface area contributed by atoms with Gasteiger partial charge in [0, 0.05) is 18.6 Å². The van der Waals surface area contributed by atoms with Crippen LogP contribution < -0.4 is 10.6 Å². The SMILES string of the molecule is CC1(NC(=O)c2nnc3n2CCN(C(=O)OC(C)(C)C)C3)CCNCC1. The molecule has 0 spiro atoms. The smallest absolute Gasteiger partial charge is 0.410 e. The first-order valence-corrected chi connectivity index (χ1v) is 9.10. The highest BCUT2D eigenvalue weighted by Crippen LogP contribution is 2.20. The molecule has 2 aliphatic heterocycles. The minimum Gasteiger partial charge on any atom is -0.444 e. The molecular formula is C17H28N6O3. The van der Waals surface area contributed by atoms with Gasteiger partial charge in [0.25, 0.3) is 5.91 Å². The highest BCUT2D eigenvalue weighted by atomic mass is 16.6. The summed E-state index contributed by atoms with van der Waals surface area (Å²) in [5, 5.41) is 14.6. The maximum absolute atomic E-state index is 12.7. The average Bonchev–Trinajstić information content (AvgIpc) is 2.96. The molecule has 144 valence electrons. The van der Waals surface area contributed by atoms with E-state index in [1.54, 1.807) is 9.47 Å². The van der Waals surface area contributed by atoms with Gasteiger partial charge in [-0.05, 0) is 53.6 Å². The number of nitrogens with zero attached hydrogens (tertiary/aromatic N) is 4. The van der Waals surface area contributed by atoms with Crippen molar-refractivity contribution in [1.82, 2.24) is 30.3 Å². The van der Waals surface area contributed by atoms with Crippen molar-refractivity contribution in [3.8, 4) is 0 Å². The van der Waals surface area contributed by atoms with Gasteiger partial charge in [0.05, 0.1) is 6.54 Å². The molecule has 0 aromatic carbocycles. The number of carbonyl (C=O) groups excluding carboxylic acids is 2. The maximum Gasteiger partial charge on any atom is 0.410 e. The number of piperidine rings is 1. The van der Waals surface area contributed by atoms with Crippen molar-refractivity contribution in [2.75, 3.05) is 19.6 Å². The van der Waals surface area contributed by atoms with Crippen molar-refractivity contribution >= 4 is 12.0 Å². The van der Waals surface area contributed by atoms with Gasteiger partial charge >= 0.3 is 6.09 Å². The van der Waals surface area contributed by atoms with E-state index in [1.807, 2.05) is 20.8 Å². The third-order valence-corrected chi connectivity index (χ3v) is 4.73. The third kappa shape index (κ3) is 4.14. The van der Waals surface area contributed by atoms with E-state index < -0.39 is 5.60 Å². The highest BCUT2D eigenvalue weighted by Gasteiger charge is 2.33. The molecule has 3 rings (SSSR count). The molecular weight excluding hydrogens is 336 g/mol. The van der Waals surface area contributed by atoms with Crippen LogP contribution in [0.1, 0.15) is 57.0 Å². The Morgan fingerprint density at radius 1 is 1.19 bits per heavy atom. The second kappa shape index (κ2) is 6.86.